The van der Waals surface area contributed by atoms with E-state index in [2.05, 4.69) is 32.7 Å². The van der Waals surface area contributed by atoms with Gasteiger partial charge in [0.2, 0.25) is 0 Å². The highest BCUT2D eigenvalue weighted by Crippen LogP contribution is 2.14. The van der Waals surface area contributed by atoms with Crippen molar-refractivity contribution in [2.24, 2.45) is 0 Å². The van der Waals surface area contributed by atoms with Crippen LogP contribution >= 0.6 is 22.6 Å². The van der Waals surface area contributed by atoms with E-state index in [1.807, 2.05) is 12.3 Å². The van der Waals surface area contributed by atoms with Crippen LogP contribution < -0.4 is 0 Å². The number of pyridine rings is 1. The van der Waals surface area contributed by atoms with E-state index in [0.29, 0.717) is 0 Å². The summed E-state index contributed by atoms with van der Waals surface area (Å²) in [5, 5.41) is 13.6. The van der Waals surface area contributed by atoms with Gasteiger partial charge in [-0.15, -0.1) is 0 Å². The Hall–Kier alpha value is -0.950. The molecule has 0 aliphatic heterocycles. The number of rotatable bonds is 2. The molecule has 2 aromatic rings. The molecule has 0 aliphatic rings. The van der Waals surface area contributed by atoms with Gasteiger partial charge < -0.3 is 5.11 Å². The van der Waals surface area contributed by atoms with Crippen LogP contribution in [0.3, 0.4) is 0 Å². The molecule has 0 fully saturated rings. The Bertz CT molecular complexity index is 467. The summed E-state index contributed by atoms with van der Waals surface area (Å²) >= 11 is 2.19. The van der Waals surface area contributed by atoms with Gasteiger partial charge in [-0.3, -0.25) is 0 Å². The highest BCUT2D eigenvalue weighted by atomic mass is 127. The van der Waals surface area contributed by atoms with Crippen LogP contribution in [0, 0.1) is 3.57 Å². The van der Waals surface area contributed by atoms with Gasteiger partial charge in [0.05, 0.1) is 15.9 Å². The summed E-state index contributed by atoms with van der Waals surface area (Å²) in [5.41, 5.74) is 0.838. The molecule has 0 radical (unpaired) electrons. The lowest BCUT2D eigenvalue weighted by molar-refractivity contribution is 0.199. The molecular formula is C10H10IN3O. The van der Waals surface area contributed by atoms with Gasteiger partial charge in [0.1, 0.15) is 0 Å². The number of aliphatic hydroxyl groups excluding tert-OH is 1. The van der Waals surface area contributed by atoms with Crippen LogP contribution in [0.5, 0.6) is 0 Å². The Labute approximate surface area is 101 Å². The molecule has 15 heavy (non-hydrogen) atoms. The average molecular weight is 315 g/mol. The van der Waals surface area contributed by atoms with Gasteiger partial charge in [-0.05, 0) is 47.2 Å². The first-order valence-electron chi connectivity index (χ1n) is 4.51. The van der Waals surface area contributed by atoms with Crippen LogP contribution in [-0.4, -0.2) is 19.9 Å². The Morgan fingerprint density at radius 1 is 1.53 bits per heavy atom. The normalized spacial score (nSPS) is 12.7. The third-order valence-corrected chi connectivity index (χ3v) is 2.59. The quantitative estimate of drug-likeness (QED) is 0.862. The molecule has 78 valence electrons. The number of hydrogen-bond donors (Lipinski definition) is 1. The van der Waals surface area contributed by atoms with Crippen molar-refractivity contribution in [3.8, 4) is 5.82 Å². The Kier molecular flexibility index (Phi) is 3.01. The van der Waals surface area contributed by atoms with E-state index in [4.69, 9.17) is 0 Å². The molecule has 0 saturated carbocycles. The van der Waals surface area contributed by atoms with Gasteiger partial charge in [0, 0.05) is 12.4 Å². The molecule has 2 rings (SSSR count). The number of aromatic nitrogens is 3. The molecule has 1 N–H and O–H groups in total. The van der Waals surface area contributed by atoms with E-state index in [9.17, 15) is 5.11 Å². The zero-order valence-corrected chi connectivity index (χ0v) is 10.3. The molecule has 4 nitrogen and oxygen atoms in total. The van der Waals surface area contributed by atoms with Crippen LogP contribution in [0.15, 0.2) is 30.7 Å². The summed E-state index contributed by atoms with van der Waals surface area (Å²) in [7, 11) is 0. The van der Waals surface area contributed by atoms with Gasteiger partial charge in [0.25, 0.3) is 0 Å². The highest BCUT2D eigenvalue weighted by Gasteiger charge is 2.04. The zero-order valence-electron chi connectivity index (χ0n) is 8.13. The Morgan fingerprint density at radius 3 is 2.93 bits per heavy atom. The average Bonchev–Trinajstić information content (AvgIpc) is 2.65. The first-order chi connectivity index (χ1) is 7.16. The molecule has 1 atom stereocenters. The van der Waals surface area contributed by atoms with Gasteiger partial charge in [0.15, 0.2) is 5.82 Å². The maximum atomic E-state index is 9.44. The van der Waals surface area contributed by atoms with Gasteiger partial charge in [-0.2, -0.15) is 5.10 Å². The Balaban J connectivity index is 2.41. The molecule has 0 bridgehead atoms. The molecular weight excluding hydrogens is 305 g/mol. The molecule has 0 unspecified atom stereocenters. The first-order valence-corrected chi connectivity index (χ1v) is 5.59. The largest absolute Gasteiger partial charge is 0.389 e. The molecule has 2 heterocycles. The minimum absolute atomic E-state index is 0.485. The molecule has 0 aromatic carbocycles. The van der Waals surface area contributed by atoms with Crippen molar-refractivity contribution in [1.29, 1.82) is 0 Å². The molecule has 2 aromatic heterocycles. The topological polar surface area (TPSA) is 50.9 Å². The van der Waals surface area contributed by atoms with E-state index < -0.39 is 6.10 Å². The second kappa shape index (κ2) is 4.28. The number of hydrogen-bond acceptors (Lipinski definition) is 3. The predicted octanol–water partition coefficient (Wildman–Crippen LogP) is 1.93. The molecule has 0 aliphatic carbocycles. The van der Waals surface area contributed by atoms with Crippen molar-refractivity contribution in [3.05, 3.63) is 39.9 Å². The molecule has 5 heteroatoms. The SMILES string of the molecule is C[C@H](O)c1ccnc(-n2cc(I)cn2)c1. The van der Waals surface area contributed by atoms with Gasteiger partial charge in [-0.25, -0.2) is 9.67 Å². The van der Waals surface area contributed by atoms with Crippen molar-refractivity contribution < 1.29 is 5.11 Å². The lowest BCUT2D eigenvalue weighted by atomic mass is 10.2. The third-order valence-electron chi connectivity index (χ3n) is 2.04. The summed E-state index contributed by atoms with van der Waals surface area (Å²) in [5.74, 6) is 0.719. The van der Waals surface area contributed by atoms with Crippen LogP contribution in [0.25, 0.3) is 5.82 Å². The fourth-order valence-electron chi connectivity index (χ4n) is 1.25. The highest BCUT2D eigenvalue weighted by molar-refractivity contribution is 14.1. The van der Waals surface area contributed by atoms with Gasteiger partial charge >= 0.3 is 0 Å². The van der Waals surface area contributed by atoms with E-state index in [1.165, 1.54) is 0 Å². The zero-order chi connectivity index (χ0) is 10.8. The summed E-state index contributed by atoms with van der Waals surface area (Å²) in [6, 6.07) is 3.62. The van der Waals surface area contributed by atoms with Crippen molar-refractivity contribution in [3.63, 3.8) is 0 Å². The van der Waals surface area contributed by atoms with E-state index in [1.54, 1.807) is 30.1 Å². The van der Waals surface area contributed by atoms with Crippen LogP contribution in [0.2, 0.25) is 0 Å². The van der Waals surface area contributed by atoms with Crippen molar-refractivity contribution >= 4 is 22.6 Å². The predicted molar refractivity (Wildman–Crippen MR) is 64.7 cm³/mol. The second-order valence-corrected chi connectivity index (χ2v) is 4.47. The minimum atomic E-state index is -0.485. The molecule has 0 saturated heterocycles. The van der Waals surface area contributed by atoms with Gasteiger partial charge in [-0.1, -0.05) is 0 Å². The minimum Gasteiger partial charge on any atom is -0.389 e. The van der Waals surface area contributed by atoms with Crippen LogP contribution in [0.4, 0.5) is 0 Å². The summed E-state index contributed by atoms with van der Waals surface area (Å²) in [4.78, 5) is 4.19. The number of aliphatic hydroxyl groups is 1. The second-order valence-electron chi connectivity index (χ2n) is 3.23. The first kappa shape index (κ1) is 10.6. The third kappa shape index (κ3) is 2.35. The monoisotopic (exact) mass is 315 g/mol. The van der Waals surface area contributed by atoms with Crippen molar-refractivity contribution in [1.82, 2.24) is 14.8 Å². The lowest BCUT2D eigenvalue weighted by Gasteiger charge is -2.06. The smallest absolute Gasteiger partial charge is 0.153 e. The van der Waals surface area contributed by atoms with Crippen LogP contribution in [0.1, 0.15) is 18.6 Å². The van der Waals surface area contributed by atoms with E-state index in [0.717, 1.165) is 15.0 Å². The maximum absolute atomic E-state index is 9.44. The van der Waals surface area contributed by atoms with Crippen molar-refractivity contribution in [2.75, 3.05) is 0 Å². The fourth-order valence-corrected chi connectivity index (χ4v) is 1.63. The lowest BCUT2D eigenvalue weighted by Crippen LogP contribution is -2.00. The number of nitrogens with zero attached hydrogens (tertiary/aromatic N) is 3. The maximum Gasteiger partial charge on any atom is 0.153 e. The fraction of sp³-hybridized carbons (Fsp3) is 0.200. The number of halogens is 1. The van der Waals surface area contributed by atoms with Crippen molar-refractivity contribution in [2.45, 2.75) is 13.0 Å². The summed E-state index contributed by atoms with van der Waals surface area (Å²) in [6.45, 7) is 1.73. The van der Waals surface area contributed by atoms with E-state index in [-0.39, 0.29) is 0 Å². The summed E-state index contributed by atoms with van der Waals surface area (Å²) in [6.07, 6.45) is 4.83. The Morgan fingerprint density at radius 2 is 2.33 bits per heavy atom. The summed E-state index contributed by atoms with van der Waals surface area (Å²) < 4.78 is 2.74. The molecule has 0 spiro atoms. The van der Waals surface area contributed by atoms with Crippen LogP contribution in [-0.2, 0) is 0 Å². The molecule has 0 amide bonds. The standard InChI is InChI=1S/C10H10IN3O/c1-7(15)8-2-3-12-10(4-8)14-6-9(11)5-13-14/h2-7,15H,1H3/t7-/m0/s1. The van der Waals surface area contributed by atoms with E-state index >= 15 is 0 Å².